The average Bonchev–Trinajstić information content (AvgIpc) is 3.15. The summed E-state index contributed by atoms with van der Waals surface area (Å²) < 4.78 is 4.84. The first-order chi connectivity index (χ1) is 16.0. The molecule has 1 fully saturated rings. The molecule has 1 aromatic carbocycles. The van der Waals surface area contributed by atoms with E-state index in [1.165, 1.54) is 0 Å². The third kappa shape index (κ3) is 8.58. The standard InChI is InChI=1S/C27H39NO5/c1-2-3-6-10-24(30)20-12-14-21(15-13-20)27-23(22(19-28)18-25(27)31)9-7-4-5-8-11-26(32)33-17-16-29/h4,7,12-15,22-25,27,29-31H,2-3,5-6,8-11,16-18H2,1H3/b7-4-/t22?,23-,24?,25+,27?/m0/s1. The van der Waals surface area contributed by atoms with Gasteiger partial charge in [-0.2, -0.15) is 5.26 Å². The molecule has 6 heteroatoms. The number of carbonyl (C=O) groups excluding carboxylic acids is 1. The highest BCUT2D eigenvalue weighted by molar-refractivity contribution is 5.69. The highest BCUT2D eigenvalue weighted by Gasteiger charge is 2.42. The minimum absolute atomic E-state index is 0.0242. The lowest BCUT2D eigenvalue weighted by atomic mass is 9.82. The number of unbranched alkanes of at least 4 members (excludes halogenated alkanes) is 3. The number of benzene rings is 1. The Kier molecular flexibility index (Phi) is 12.2. The molecule has 0 radical (unpaired) electrons. The lowest BCUT2D eigenvalue weighted by Gasteiger charge is -2.23. The summed E-state index contributed by atoms with van der Waals surface area (Å²) in [6.07, 6.45) is 9.90. The van der Waals surface area contributed by atoms with E-state index in [4.69, 9.17) is 9.84 Å². The van der Waals surface area contributed by atoms with Gasteiger partial charge in [0.25, 0.3) is 0 Å². The molecule has 6 nitrogen and oxygen atoms in total. The Morgan fingerprint density at radius 3 is 2.67 bits per heavy atom. The minimum Gasteiger partial charge on any atom is -0.463 e. The van der Waals surface area contributed by atoms with Crippen LogP contribution in [0.15, 0.2) is 36.4 Å². The maximum absolute atomic E-state index is 11.5. The molecule has 182 valence electrons. The molecule has 0 spiro atoms. The molecule has 2 rings (SSSR count). The molecule has 3 unspecified atom stereocenters. The summed E-state index contributed by atoms with van der Waals surface area (Å²) in [7, 11) is 0. The number of hydrogen-bond donors (Lipinski definition) is 3. The topological polar surface area (TPSA) is 111 Å². The van der Waals surface area contributed by atoms with Gasteiger partial charge >= 0.3 is 5.97 Å². The molecule has 1 aliphatic carbocycles. The van der Waals surface area contributed by atoms with Crippen molar-refractivity contribution in [1.29, 1.82) is 5.26 Å². The second kappa shape index (κ2) is 14.8. The highest BCUT2D eigenvalue weighted by Crippen LogP contribution is 2.45. The van der Waals surface area contributed by atoms with Crippen LogP contribution in [0.5, 0.6) is 0 Å². The molecule has 0 aromatic heterocycles. The van der Waals surface area contributed by atoms with E-state index in [-0.39, 0.29) is 36.9 Å². The van der Waals surface area contributed by atoms with E-state index in [0.29, 0.717) is 25.7 Å². The number of aliphatic hydroxyl groups is 3. The highest BCUT2D eigenvalue weighted by atomic mass is 16.5. The van der Waals surface area contributed by atoms with Crippen LogP contribution in [0, 0.1) is 23.2 Å². The number of carbonyl (C=O) groups is 1. The summed E-state index contributed by atoms with van der Waals surface area (Å²) in [4.78, 5) is 11.5. The van der Waals surface area contributed by atoms with Crippen molar-refractivity contribution in [3.8, 4) is 6.07 Å². The van der Waals surface area contributed by atoms with E-state index in [1.54, 1.807) is 0 Å². The van der Waals surface area contributed by atoms with Gasteiger partial charge in [-0.1, -0.05) is 62.6 Å². The van der Waals surface area contributed by atoms with Crippen LogP contribution in [0.1, 0.15) is 87.9 Å². The van der Waals surface area contributed by atoms with Crippen LogP contribution in [0.4, 0.5) is 0 Å². The van der Waals surface area contributed by atoms with Crippen molar-refractivity contribution in [2.24, 2.45) is 11.8 Å². The minimum atomic E-state index is -0.560. The molecule has 33 heavy (non-hydrogen) atoms. The lowest BCUT2D eigenvalue weighted by Crippen LogP contribution is -2.18. The predicted octanol–water partition coefficient (Wildman–Crippen LogP) is 4.56. The zero-order valence-electron chi connectivity index (χ0n) is 19.7. The third-order valence-corrected chi connectivity index (χ3v) is 6.52. The monoisotopic (exact) mass is 457 g/mol. The van der Waals surface area contributed by atoms with Crippen LogP contribution in [-0.4, -0.2) is 40.6 Å². The van der Waals surface area contributed by atoms with Crippen LogP contribution in [0.25, 0.3) is 0 Å². The molecule has 1 saturated carbocycles. The maximum Gasteiger partial charge on any atom is 0.305 e. The van der Waals surface area contributed by atoms with E-state index in [2.05, 4.69) is 13.0 Å². The first-order valence-corrected chi connectivity index (χ1v) is 12.3. The molecular weight excluding hydrogens is 418 g/mol. The van der Waals surface area contributed by atoms with Gasteiger partial charge in [0.2, 0.25) is 0 Å². The summed E-state index contributed by atoms with van der Waals surface area (Å²) in [6.45, 7) is 2.02. The Bertz CT molecular complexity index is 770. The molecular formula is C27H39NO5. The van der Waals surface area contributed by atoms with Crippen LogP contribution < -0.4 is 0 Å². The van der Waals surface area contributed by atoms with Crippen LogP contribution in [0.3, 0.4) is 0 Å². The molecule has 3 N–H and O–H groups in total. The average molecular weight is 458 g/mol. The zero-order valence-corrected chi connectivity index (χ0v) is 19.7. The number of nitriles is 1. The first-order valence-electron chi connectivity index (χ1n) is 12.3. The van der Waals surface area contributed by atoms with Crippen molar-refractivity contribution in [1.82, 2.24) is 0 Å². The number of esters is 1. The van der Waals surface area contributed by atoms with Gasteiger partial charge in [-0.3, -0.25) is 4.79 Å². The van der Waals surface area contributed by atoms with Crippen LogP contribution in [-0.2, 0) is 9.53 Å². The van der Waals surface area contributed by atoms with E-state index in [9.17, 15) is 20.3 Å². The van der Waals surface area contributed by atoms with Gasteiger partial charge in [-0.05, 0) is 49.1 Å². The van der Waals surface area contributed by atoms with Gasteiger partial charge < -0.3 is 20.1 Å². The van der Waals surface area contributed by atoms with Crippen molar-refractivity contribution in [2.45, 2.75) is 82.8 Å². The number of ether oxygens (including phenoxy) is 1. The van der Waals surface area contributed by atoms with Crippen molar-refractivity contribution in [2.75, 3.05) is 13.2 Å². The lowest BCUT2D eigenvalue weighted by molar-refractivity contribution is -0.144. The van der Waals surface area contributed by atoms with Crippen molar-refractivity contribution >= 4 is 5.97 Å². The van der Waals surface area contributed by atoms with Crippen molar-refractivity contribution in [3.63, 3.8) is 0 Å². The second-order valence-corrected chi connectivity index (χ2v) is 8.95. The fourth-order valence-electron chi connectivity index (χ4n) is 4.71. The van der Waals surface area contributed by atoms with E-state index >= 15 is 0 Å². The van der Waals surface area contributed by atoms with Crippen LogP contribution in [0.2, 0.25) is 0 Å². The number of rotatable bonds is 14. The van der Waals surface area contributed by atoms with Crippen molar-refractivity contribution in [3.05, 3.63) is 47.5 Å². The summed E-state index contributed by atoms with van der Waals surface area (Å²) in [5, 5.41) is 39.4. The first kappa shape index (κ1) is 27.0. The largest absolute Gasteiger partial charge is 0.463 e. The van der Waals surface area contributed by atoms with Gasteiger partial charge in [0.05, 0.1) is 30.8 Å². The molecule has 5 atom stereocenters. The summed E-state index contributed by atoms with van der Waals surface area (Å²) in [5.74, 6) is -0.600. The fraction of sp³-hybridized carbons (Fsp3) is 0.630. The van der Waals surface area contributed by atoms with Gasteiger partial charge in [-0.15, -0.1) is 0 Å². The predicted molar refractivity (Wildman–Crippen MR) is 127 cm³/mol. The molecule has 0 amide bonds. The van der Waals surface area contributed by atoms with Crippen molar-refractivity contribution < 1.29 is 24.9 Å². The zero-order chi connectivity index (χ0) is 24.1. The Morgan fingerprint density at radius 1 is 1.24 bits per heavy atom. The number of hydrogen-bond acceptors (Lipinski definition) is 6. The van der Waals surface area contributed by atoms with Gasteiger partial charge in [0.1, 0.15) is 6.61 Å². The molecule has 0 bridgehead atoms. The van der Waals surface area contributed by atoms with Gasteiger partial charge in [-0.25, -0.2) is 0 Å². The quantitative estimate of drug-likeness (QED) is 0.215. The Morgan fingerprint density at radius 2 is 2.00 bits per heavy atom. The molecule has 0 aliphatic heterocycles. The molecule has 0 saturated heterocycles. The molecule has 0 heterocycles. The molecule has 1 aromatic rings. The fourth-order valence-corrected chi connectivity index (χ4v) is 4.71. The van der Waals surface area contributed by atoms with E-state index in [0.717, 1.165) is 43.2 Å². The van der Waals surface area contributed by atoms with E-state index in [1.807, 2.05) is 36.4 Å². The Balaban J connectivity index is 1.94. The second-order valence-electron chi connectivity index (χ2n) is 8.95. The van der Waals surface area contributed by atoms with Crippen LogP contribution >= 0.6 is 0 Å². The maximum atomic E-state index is 11.5. The normalized spacial score (nSPS) is 23.5. The summed E-state index contributed by atoms with van der Waals surface area (Å²) in [6, 6.07) is 10.2. The third-order valence-electron chi connectivity index (χ3n) is 6.52. The summed E-state index contributed by atoms with van der Waals surface area (Å²) in [5.41, 5.74) is 1.91. The number of aliphatic hydroxyl groups excluding tert-OH is 3. The number of allylic oxidation sites excluding steroid dienone is 2. The summed E-state index contributed by atoms with van der Waals surface area (Å²) >= 11 is 0. The van der Waals surface area contributed by atoms with E-state index < -0.39 is 12.2 Å². The Hall–Kier alpha value is -2.20. The molecule has 1 aliphatic rings. The Labute approximate surface area is 197 Å². The van der Waals surface area contributed by atoms with Gasteiger partial charge in [0, 0.05) is 12.3 Å². The smallest absolute Gasteiger partial charge is 0.305 e. The van der Waals surface area contributed by atoms with Gasteiger partial charge in [0.15, 0.2) is 0 Å². The number of nitrogens with zero attached hydrogens (tertiary/aromatic N) is 1. The SMILES string of the molecule is CCCCCC(O)c1ccc(C2[C@@H](C/C=C\CCCC(=O)OCCO)C(C#N)C[C@H]2O)cc1.